The molecule has 2 aromatic rings. The van der Waals surface area contributed by atoms with Crippen molar-refractivity contribution in [2.24, 2.45) is 5.73 Å². The van der Waals surface area contributed by atoms with Gasteiger partial charge in [-0.3, -0.25) is 4.79 Å². The molecule has 0 spiro atoms. The van der Waals surface area contributed by atoms with E-state index < -0.39 is 0 Å². The number of nitrogens with zero attached hydrogens (tertiary/aromatic N) is 2. The average Bonchev–Trinajstić information content (AvgIpc) is 2.83. The van der Waals surface area contributed by atoms with Crippen molar-refractivity contribution in [1.82, 2.24) is 15.5 Å². The summed E-state index contributed by atoms with van der Waals surface area (Å²) in [4.78, 5) is 15.7. The molecule has 2 rings (SSSR count). The van der Waals surface area contributed by atoms with Gasteiger partial charge in [-0.15, -0.1) is 12.4 Å². The highest BCUT2D eigenvalue weighted by Crippen LogP contribution is 2.12. The van der Waals surface area contributed by atoms with Gasteiger partial charge < -0.3 is 15.6 Å². The lowest BCUT2D eigenvalue weighted by Crippen LogP contribution is -2.27. The minimum atomic E-state index is -0.312. The number of aryl methyl sites for hydroxylation is 1. The molecule has 20 heavy (non-hydrogen) atoms. The Morgan fingerprint density at radius 2 is 2.10 bits per heavy atom. The Hall–Kier alpha value is -1.92. The van der Waals surface area contributed by atoms with Crippen LogP contribution in [0, 0.1) is 6.92 Å². The maximum atomic E-state index is 11.7. The second-order valence-electron chi connectivity index (χ2n) is 4.23. The van der Waals surface area contributed by atoms with Gasteiger partial charge in [-0.05, 0) is 5.56 Å². The SMILES string of the molecule is Cc1nc(CNC(=O)CC(N)c2ccccc2)no1.Cl. The third kappa shape index (κ3) is 4.64. The van der Waals surface area contributed by atoms with Crippen LogP contribution in [0.15, 0.2) is 34.9 Å². The molecule has 1 aromatic heterocycles. The number of halogens is 1. The highest BCUT2D eigenvalue weighted by molar-refractivity contribution is 5.85. The largest absolute Gasteiger partial charge is 0.349 e. The number of carbonyl (C=O) groups excluding carboxylic acids is 1. The molecule has 0 aliphatic heterocycles. The molecule has 0 bridgehead atoms. The summed E-state index contributed by atoms with van der Waals surface area (Å²) in [6.07, 6.45) is 0.223. The topological polar surface area (TPSA) is 94.0 Å². The number of hydrogen-bond donors (Lipinski definition) is 2. The summed E-state index contributed by atoms with van der Waals surface area (Å²) >= 11 is 0. The van der Waals surface area contributed by atoms with Crippen LogP contribution in [0.2, 0.25) is 0 Å². The molecular weight excluding hydrogens is 280 g/mol. The zero-order valence-electron chi connectivity index (χ0n) is 11.1. The molecule has 0 fully saturated rings. The zero-order valence-corrected chi connectivity index (χ0v) is 11.9. The van der Waals surface area contributed by atoms with E-state index >= 15 is 0 Å². The minimum absolute atomic E-state index is 0. The van der Waals surface area contributed by atoms with Crippen molar-refractivity contribution in [3.63, 3.8) is 0 Å². The Balaban J connectivity index is 0.00000200. The second kappa shape index (κ2) is 7.62. The molecular formula is C13H17ClN4O2. The van der Waals surface area contributed by atoms with Crippen molar-refractivity contribution in [3.05, 3.63) is 47.6 Å². The zero-order chi connectivity index (χ0) is 13.7. The Bertz CT molecular complexity index is 544. The van der Waals surface area contributed by atoms with Crippen LogP contribution in [0.1, 0.15) is 29.7 Å². The number of aromatic nitrogens is 2. The summed E-state index contributed by atoms with van der Waals surface area (Å²) in [5, 5.41) is 6.40. The number of hydrogen-bond acceptors (Lipinski definition) is 5. The van der Waals surface area contributed by atoms with E-state index in [1.807, 2.05) is 30.3 Å². The maximum Gasteiger partial charge on any atom is 0.223 e. The predicted octanol–water partition coefficient (Wildman–Crippen LogP) is 1.51. The Labute approximate surface area is 123 Å². The van der Waals surface area contributed by atoms with Crippen LogP contribution in [0.5, 0.6) is 0 Å². The van der Waals surface area contributed by atoms with Gasteiger partial charge in [-0.25, -0.2) is 0 Å². The fraction of sp³-hybridized carbons (Fsp3) is 0.308. The first-order valence-electron chi connectivity index (χ1n) is 6.01. The van der Waals surface area contributed by atoms with Crippen LogP contribution < -0.4 is 11.1 Å². The highest BCUT2D eigenvalue weighted by Gasteiger charge is 2.12. The van der Waals surface area contributed by atoms with Crippen LogP contribution in [-0.2, 0) is 11.3 Å². The van der Waals surface area contributed by atoms with E-state index in [-0.39, 0.29) is 37.3 Å². The fourth-order valence-electron chi connectivity index (χ4n) is 1.68. The average molecular weight is 297 g/mol. The summed E-state index contributed by atoms with van der Waals surface area (Å²) in [6, 6.07) is 9.20. The maximum absolute atomic E-state index is 11.7. The monoisotopic (exact) mass is 296 g/mol. The lowest BCUT2D eigenvalue weighted by Gasteiger charge is -2.11. The molecule has 3 N–H and O–H groups in total. The lowest BCUT2D eigenvalue weighted by atomic mass is 10.0. The van der Waals surface area contributed by atoms with Crippen molar-refractivity contribution in [1.29, 1.82) is 0 Å². The second-order valence-corrected chi connectivity index (χ2v) is 4.23. The van der Waals surface area contributed by atoms with Crippen LogP contribution in [0.4, 0.5) is 0 Å². The summed E-state index contributed by atoms with van der Waals surface area (Å²) in [5.74, 6) is 0.795. The van der Waals surface area contributed by atoms with Crippen molar-refractivity contribution >= 4 is 18.3 Å². The number of carbonyl (C=O) groups is 1. The predicted molar refractivity (Wildman–Crippen MR) is 76.1 cm³/mol. The Morgan fingerprint density at radius 3 is 2.70 bits per heavy atom. The molecule has 0 aliphatic rings. The molecule has 0 saturated heterocycles. The number of nitrogens with two attached hydrogens (primary N) is 1. The van der Waals surface area contributed by atoms with Gasteiger partial charge in [0.2, 0.25) is 11.8 Å². The number of amides is 1. The van der Waals surface area contributed by atoms with Gasteiger partial charge in [-0.2, -0.15) is 4.98 Å². The first-order valence-corrected chi connectivity index (χ1v) is 6.01. The molecule has 1 amide bonds. The standard InChI is InChI=1S/C13H16N4O2.ClH/c1-9-16-12(17-19-9)8-15-13(18)7-11(14)10-5-3-2-4-6-10;/h2-6,11H,7-8,14H2,1H3,(H,15,18);1H. The normalized spacial score (nSPS) is 11.5. The lowest BCUT2D eigenvalue weighted by molar-refractivity contribution is -0.121. The third-order valence-electron chi connectivity index (χ3n) is 2.65. The smallest absolute Gasteiger partial charge is 0.223 e. The summed E-state index contributed by atoms with van der Waals surface area (Å²) < 4.78 is 4.81. The molecule has 1 unspecified atom stereocenters. The van der Waals surface area contributed by atoms with Crippen LogP contribution in [0.25, 0.3) is 0 Å². The number of benzene rings is 1. The van der Waals surface area contributed by atoms with E-state index in [9.17, 15) is 4.79 Å². The van der Waals surface area contributed by atoms with E-state index in [2.05, 4.69) is 15.5 Å². The molecule has 6 nitrogen and oxygen atoms in total. The third-order valence-corrected chi connectivity index (χ3v) is 2.65. The quantitative estimate of drug-likeness (QED) is 0.872. The summed E-state index contributed by atoms with van der Waals surface area (Å²) in [6.45, 7) is 1.95. The summed E-state index contributed by atoms with van der Waals surface area (Å²) in [5.41, 5.74) is 6.90. The molecule has 1 atom stereocenters. The fourth-order valence-corrected chi connectivity index (χ4v) is 1.68. The highest BCUT2D eigenvalue weighted by atomic mass is 35.5. The minimum Gasteiger partial charge on any atom is -0.349 e. The first kappa shape index (κ1) is 16.1. The van der Waals surface area contributed by atoms with Crippen molar-refractivity contribution < 1.29 is 9.32 Å². The molecule has 0 radical (unpaired) electrons. The van der Waals surface area contributed by atoms with E-state index in [1.54, 1.807) is 6.92 Å². The van der Waals surface area contributed by atoms with Gasteiger partial charge in [0.05, 0.1) is 6.54 Å². The number of nitrogens with one attached hydrogen (secondary N) is 1. The summed E-state index contributed by atoms with van der Waals surface area (Å²) in [7, 11) is 0. The van der Waals surface area contributed by atoms with Crippen molar-refractivity contribution in [3.8, 4) is 0 Å². The molecule has 1 aromatic carbocycles. The molecule has 108 valence electrons. The van der Waals surface area contributed by atoms with Crippen LogP contribution in [-0.4, -0.2) is 16.0 Å². The van der Waals surface area contributed by atoms with Gasteiger partial charge in [0.1, 0.15) is 0 Å². The molecule has 0 saturated carbocycles. The van der Waals surface area contributed by atoms with Gasteiger partial charge in [-0.1, -0.05) is 35.5 Å². The van der Waals surface area contributed by atoms with Gasteiger partial charge in [0.15, 0.2) is 5.82 Å². The van der Waals surface area contributed by atoms with E-state index in [1.165, 1.54) is 0 Å². The van der Waals surface area contributed by atoms with Gasteiger partial charge in [0.25, 0.3) is 0 Å². The Kier molecular flexibility index (Phi) is 6.14. The van der Waals surface area contributed by atoms with E-state index in [4.69, 9.17) is 10.3 Å². The molecule has 0 aliphatic carbocycles. The van der Waals surface area contributed by atoms with E-state index in [0.717, 1.165) is 5.56 Å². The number of rotatable bonds is 5. The van der Waals surface area contributed by atoms with Crippen LogP contribution in [0.3, 0.4) is 0 Å². The molecule has 7 heteroatoms. The van der Waals surface area contributed by atoms with Gasteiger partial charge >= 0.3 is 0 Å². The van der Waals surface area contributed by atoms with Gasteiger partial charge in [0, 0.05) is 19.4 Å². The van der Waals surface area contributed by atoms with Crippen molar-refractivity contribution in [2.45, 2.75) is 25.9 Å². The van der Waals surface area contributed by atoms with Crippen LogP contribution >= 0.6 is 12.4 Å². The first-order chi connectivity index (χ1) is 9.15. The van der Waals surface area contributed by atoms with Crippen molar-refractivity contribution in [2.75, 3.05) is 0 Å². The Morgan fingerprint density at radius 1 is 1.40 bits per heavy atom. The molecule has 1 heterocycles. The van der Waals surface area contributed by atoms with E-state index in [0.29, 0.717) is 11.7 Å².